The van der Waals surface area contributed by atoms with Crippen molar-refractivity contribution in [3.8, 4) is 0 Å². The SMILES string of the molecule is CCCCCN1CC(C)(C)NCC12CCCC2. The second-order valence-corrected chi connectivity index (χ2v) is 6.80. The van der Waals surface area contributed by atoms with Crippen molar-refractivity contribution in [1.82, 2.24) is 10.2 Å². The van der Waals surface area contributed by atoms with Gasteiger partial charge in [-0.2, -0.15) is 0 Å². The van der Waals surface area contributed by atoms with Crippen LogP contribution in [0.15, 0.2) is 0 Å². The van der Waals surface area contributed by atoms with Gasteiger partial charge < -0.3 is 5.32 Å². The molecule has 1 aliphatic heterocycles. The lowest BCUT2D eigenvalue weighted by molar-refractivity contribution is 0.0178. The summed E-state index contributed by atoms with van der Waals surface area (Å²) in [4.78, 5) is 2.83. The van der Waals surface area contributed by atoms with Crippen molar-refractivity contribution in [3.63, 3.8) is 0 Å². The molecule has 0 bridgehead atoms. The molecule has 0 aromatic rings. The Morgan fingerprint density at radius 1 is 1.12 bits per heavy atom. The van der Waals surface area contributed by atoms with Crippen molar-refractivity contribution in [3.05, 3.63) is 0 Å². The summed E-state index contributed by atoms with van der Waals surface area (Å²) >= 11 is 0. The van der Waals surface area contributed by atoms with Crippen molar-refractivity contribution in [2.45, 2.75) is 76.8 Å². The lowest BCUT2D eigenvalue weighted by atomic mass is 9.87. The average molecular weight is 238 g/mol. The third-order valence-corrected chi connectivity index (χ3v) is 4.72. The van der Waals surface area contributed by atoms with E-state index in [9.17, 15) is 0 Å². The van der Waals surface area contributed by atoms with E-state index >= 15 is 0 Å². The van der Waals surface area contributed by atoms with E-state index in [0.29, 0.717) is 11.1 Å². The zero-order chi connectivity index (χ0) is 12.4. The fourth-order valence-electron chi connectivity index (χ4n) is 3.61. The first-order valence-electron chi connectivity index (χ1n) is 7.58. The fraction of sp³-hybridized carbons (Fsp3) is 1.00. The monoisotopic (exact) mass is 238 g/mol. The summed E-state index contributed by atoms with van der Waals surface area (Å²) in [5.74, 6) is 0. The number of hydrogen-bond donors (Lipinski definition) is 1. The number of unbranched alkanes of at least 4 members (excludes halogenated alkanes) is 2. The summed E-state index contributed by atoms with van der Waals surface area (Å²) in [6.45, 7) is 10.8. The zero-order valence-electron chi connectivity index (χ0n) is 12.0. The molecule has 17 heavy (non-hydrogen) atoms. The van der Waals surface area contributed by atoms with Crippen LogP contribution in [0.1, 0.15) is 65.7 Å². The third kappa shape index (κ3) is 3.03. The average Bonchev–Trinajstić information content (AvgIpc) is 2.74. The molecule has 0 atom stereocenters. The fourth-order valence-corrected chi connectivity index (χ4v) is 3.61. The van der Waals surface area contributed by atoms with Gasteiger partial charge in [-0.15, -0.1) is 0 Å². The molecule has 2 heteroatoms. The maximum absolute atomic E-state index is 3.77. The molecule has 2 nitrogen and oxygen atoms in total. The summed E-state index contributed by atoms with van der Waals surface area (Å²) in [5.41, 5.74) is 0.823. The zero-order valence-corrected chi connectivity index (χ0v) is 12.0. The Labute approximate surface area is 107 Å². The third-order valence-electron chi connectivity index (χ3n) is 4.72. The van der Waals surface area contributed by atoms with Gasteiger partial charge >= 0.3 is 0 Å². The molecule has 0 radical (unpaired) electrons. The normalized spacial score (nSPS) is 27.7. The molecule has 1 spiro atoms. The minimum Gasteiger partial charge on any atom is -0.309 e. The van der Waals surface area contributed by atoms with Crippen LogP contribution in [0.2, 0.25) is 0 Å². The van der Waals surface area contributed by atoms with Gasteiger partial charge in [0.1, 0.15) is 0 Å². The second-order valence-electron chi connectivity index (χ2n) is 6.80. The van der Waals surface area contributed by atoms with Crippen molar-refractivity contribution in [2.75, 3.05) is 19.6 Å². The number of nitrogens with zero attached hydrogens (tertiary/aromatic N) is 1. The molecular formula is C15H30N2. The standard InChI is InChI=1S/C15H30N2/c1-4-5-8-11-17-13-14(2,3)16-12-15(17)9-6-7-10-15/h16H,4-13H2,1-3H3. The molecule has 1 aliphatic carbocycles. The molecule has 1 N–H and O–H groups in total. The Hall–Kier alpha value is -0.0800. The van der Waals surface area contributed by atoms with Crippen molar-refractivity contribution >= 4 is 0 Å². The van der Waals surface area contributed by atoms with Gasteiger partial charge in [0.05, 0.1) is 0 Å². The van der Waals surface area contributed by atoms with Crippen LogP contribution in [0.25, 0.3) is 0 Å². The van der Waals surface area contributed by atoms with Gasteiger partial charge in [-0.05, 0) is 39.7 Å². The molecule has 1 heterocycles. The Balaban J connectivity index is 1.99. The van der Waals surface area contributed by atoms with Gasteiger partial charge in [-0.25, -0.2) is 0 Å². The van der Waals surface area contributed by atoms with E-state index in [4.69, 9.17) is 0 Å². The van der Waals surface area contributed by atoms with Crippen LogP contribution in [-0.4, -0.2) is 35.6 Å². The topological polar surface area (TPSA) is 15.3 Å². The van der Waals surface area contributed by atoms with Gasteiger partial charge in [0.25, 0.3) is 0 Å². The number of rotatable bonds is 4. The van der Waals surface area contributed by atoms with Crippen LogP contribution in [0, 0.1) is 0 Å². The van der Waals surface area contributed by atoms with Crippen LogP contribution in [-0.2, 0) is 0 Å². The maximum atomic E-state index is 3.77. The van der Waals surface area contributed by atoms with Gasteiger partial charge in [-0.3, -0.25) is 4.90 Å². The Kier molecular flexibility index (Phi) is 4.14. The summed E-state index contributed by atoms with van der Waals surface area (Å²) in [6.07, 6.45) is 9.82. The molecule has 0 amide bonds. The van der Waals surface area contributed by atoms with E-state index in [-0.39, 0.29) is 0 Å². The highest BCUT2D eigenvalue weighted by molar-refractivity contribution is 5.04. The van der Waals surface area contributed by atoms with Crippen LogP contribution < -0.4 is 5.32 Å². The first-order valence-corrected chi connectivity index (χ1v) is 7.58. The van der Waals surface area contributed by atoms with Crippen LogP contribution >= 0.6 is 0 Å². The molecule has 0 unspecified atom stereocenters. The van der Waals surface area contributed by atoms with Gasteiger partial charge in [-0.1, -0.05) is 32.6 Å². The first-order chi connectivity index (χ1) is 8.08. The van der Waals surface area contributed by atoms with E-state index < -0.39 is 0 Å². The molecule has 1 saturated heterocycles. The lowest BCUT2D eigenvalue weighted by Gasteiger charge is -2.51. The molecule has 100 valence electrons. The van der Waals surface area contributed by atoms with Crippen LogP contribution in [0.3, 0.4) is 0 Å². The molecule has 2 rings (SSSR count). The van der Waals surface area contributed by atoms with Crippen molar-refractivity contribution < 1.29 is 0 Å². The van der Waals surface area contributed by atoms with E-state index in [1.165, 1.54) is 64.6 Å². The quantitative estimate of drug-likeness (QED) is 0.757. The number of hydrogen-bond acceptors (Lipinski definition) is 2. The summed E-state index contributed by atoms with van der Waals surface area (Å²) in [6, 6.07) is 0. The molecule has 2 aliphatic rings. The molecule has 2 fully saturated rings. The van der Waals surface area contributed by atoms with E-state index in [2.05, 4.69) is 31.0 Å². The minimum atomic E-state index is 0.306. The van der Waals surface area contributed by atoms with E-state index in [1.807, 2.05) is 0 Å². The predicted octanol–water partition coefficient (Wildman–Crippen LogP) is 3.17. The highest BCUT2D eigenvalue weighted by Gasteiger charge is 2.44. The first kappa shape index (κ1) is 13.4. The largest absolute Gasteiger partial charge is 0.309 e. The highest BCUT2D eigenvalue weighted by Crippen LogP contribution is 2.38. The maximum Gasteiger partial charge on any atom is 0.0334 e. The highest BCUT2D eigenvalue weighted by atomic mass is 15.3. The van der Waals surface area contributed by atoms with Gasteiger partial charge in [0.2, 0.25) is 0 Å². The van der Waals surface area contributed by atoms with Crippen molar-refractivity contribution in [1.29, 1.82) is 0 Å². The summed E-state index contributed by atoms with van der Waals surface area (Å²) in [7, 11) is 0. The van der Waals surface area contributed by atoms with E-state index in [0.717, 1.165) is 0 Å². The van der Waals surface area contributed by atoms with E-state index in [1.54, 1.807) is 0 Å². The number of nitrogens with one attached hydrogen (secondary N) is 1. The summed E-state index contributed by atoms with van der Waals surface area (Å²) < 4.78 is 0. The lowest BCUT2D eigenvalue weighted by Crippen LogP contribution is -2.67. The Morgan fingerprint density at radius 2 is 1.82 bits per heavy atom. The molecular weight excluding hydrogens is 208 g/mol. The van der Waals surface area contributed by atoms with Crippen LogP contribution in [0.4, 0.5) is 0 Å². The molecule has 0 aromatic carbocycles. The Bertz CT molecular complexity index is 241. The molecule has 1 saturated carbocycles. The smallest absolute Gasteiger partial charge is 0.0334 e. The second kappa shape index (κ2) is 5.27. The van der Waals surface area contributed by atoms with Crippen molar-refractivity contribution in [2.24, 2.45) is 0 Å². The number of piperazine rings is 1. The van der Waals surface area contributed by atoms with Gasteiger partial charge in [0.15, 0.2) is 0 Å². The molecule has 0 aromatic heterocycles. The van der Waals surface area contributed by atoms with Gasteiger partial charge in [0, 0.05) is 24.2 Å². The minimum absolute atomic E-state index is 0.306. The summed E-state index contributed by atoms with van der Waals surface area (Å²) in [5, 5.41) is 3.77. The van der Waals surface area contributed by atoms with Crippen LogP contribution in [0.5, 0.6) is 0 Å². The predicted molar refractivity (Wildman–Crippen MR) is 74.4 cm³/mol. The Morgan fingerprint density at radius 3 is 2.47 bits per heavy atom.